The number of hydrogen-bond donors (Lipinski definition) is 1. The molecule has 0 unspecified atom stereocenters. The smallest absolute Gasteiger partial charge is 0.184 e. The molecule has 0 radical (unpaired) electrons. The van der Waals surface area contributed by atoms with Gasteiger partial charge in [-0.3, -0.25) is 0 Å². The maximum Gasteiger partial charge on any atom is 0.184 e. The zero-order valence-electron chi connectivity index (χ0n) is 9.56. The van der Waals surface area contributed by atoms with E-state index < -0.39 is 30.5 Å². The topological polar surface area (TPSA) is 97.6 Å². The molecule has 1 rings (SSSR count). The number of nitroso groups, excluding NO2 is 2. The summed E-state index contributed by atoms with van der Waals surface area (Å²) in [6.45, 7) is 5.14. The molecule has 5 atom stereocenters. The van der Waals surface area contributed by atoms with Gasteiger partial charge in [0, 0.05) is 5.92 Å². The molecular weight excluding hydrogens is 228 g/mol. The highest BCUT2D eigenvalue weighted by atomic mass is 16.7. The van der Waals surface area contributed by atoms with Crippen LogP contribution in [0.5, 0.6) is 0 Å². The van der Waals surface area contributed by atoms with Gasteiger partial charge in [-0.05, 0) is 0 Å². The van der Waals surface area contributed by atoms with Crippen LogP contribution in [0.4, 0.5) is 0 Å². The Hall–Kier alpha value is -1.18. The van der Waals surface area contributed by atoms with Gasteiger partial charge >= 0.3 is 0 Å². The van der Waals surface area contributed by atoms with Gasteiger partial charge < -0.3 is 14.6 Å². The van der Waals surface area contributed by atoms with Gasteiger partial charge in [0.2, 0.25) is 0 Å². The van der Waals surface area contributed by atoms with Crippen molar-refractivity contribution in [3.05, 3.63) is 22.5 Å². The van der Waals surface area contributed by atoms with Crippen LogP contribution in [0.25, 0.3) is 0 Å². The average Bonchev–Trinajstić information content (AvgIpc) is 2.33. The fourth-order valence-electron chi connectivity index (χ4n) is 1.79. The number of ether oxygens (including phenoxy) is 2. The number of nitrogens with zero attached hydrogens (tertiary/aromatic N) is 2. The molecule has 1 aliphatic rings. The third-order valence-electron chi connectivity index (χ3n) is 2.80. The first-order valence-electron chi connectivity index (χ1n) is 5.33. The van der Waals surface area contributed by atoms with Gasteiger partial charge in [-0.25, -0.2) is 0 Å². The minimum absolute atomic E-state index is 0.189. The molecule has 0 aromatic rings. The molecule has 0 aromatic carbocycles. The minimum atomic E-state index is -0.959. The van der Waals surface area contributed by atoms with Crippen molar-refractivity contribution in [3.63, 3.8) is 0 Å². The Morgan fingerprint density at radius 2 is 2.24 bits per heavy atom. The quantitative estimate of drug-likeness (QED) is 0.550. The number of hydrogen-bond acceptors (Lipinski definition) is 7. The van der Waals surface area contributed by atoms with Crippen LogP contribution in [0.2, 0.25) is 0 Å². The summed E-state index contributed by atoms with van der Waals surface area (Å²) in [7, 11) is 0. The second-order valence-electron chi connectivity index (χ2n) is 3.92. The Labute approximate surface area is 98.7 Å². The van der Waals surface area contributed by atoms with Crippen LogP contribution in [0, 0.1) is 15.7 Å². The zero-order valence-corrected chi connectivity index (χ0v) is 9.56. The fraction of sp³-hybridized carbons (Fsp3) is 0.800. The SMILES string of the molecule is C=CCO[C@H]1O[C@H](CN=O)[C@H](O)[C@H](C)[C@H]1N=O. The monoisotopic (exact) mass is 244 g/mol. The van der Waals surface area contributed by atoms with E-state index in [0.29, 0.717) is 0 Å². The first-order valence-corrected chi connectivity index (χ1v) is 5.33. The van der Waals surface area contributed by atoms with E-state index >= 15 is 0 Å². The Bertz CT molecular complexity index is 284. The van der Waals surface area contributed by atoms with Gasteiger partial charge in [-0.1, -0.05) is 23.4 Å². The molecule has 0 saturated carbocycles. The Morgan fingerprint density at radius 1 is 1.53 bits per heavy atom. The summed E-state index contributed by atoms with van der Waals surface area (Å²) in [6, 6.07) is -0.812. The largest absolute Gasteiger partial charge is 0.390 e. The molecule has 1 saturated heterocycles. The van der Waals surface area contributed by atoms with Crippen molar-refractivity contribution in [2.24, 2.45) is 16.3 Å². The molecular formula is C10H16N2O5. The lowest BCUT2D eigenvalue weighted by Gasteiger charge is -2.39. The summed E-state index contributed by atoms with van der Waals surface area (Å²) in [4.78, 5) is 20.9. The molecule has 17 heavy (non-hydrogen) atoms. The Morgan fingerprint density at radius 3 is 2.76 bits per heavy atom. The zero-order chi connectivity index (χ0) is 12.8. The van der Waals surface area contributed by atoms with E-state index in [0.717, 1.165) is 0 Å². The first-order chi connectivity index (χ1) is 8.15. The van der Waals surface area contributed by atoms with Gasteiger partial charge in [0.15, 0.2) is 6.29 Å². The fourth-order valence-corrected chi connectivity index (χ4v) is 1.79. The second-order valence-corrected chi connectivity index (χ2v) is 3.92. The predicted octanol–water partition coefficient (Wildman–Crippen LogP) is 0.812. The molecule has 0 aromatic heterocycles. The highest BCUT2D eigenvalue weighted by molar-refractivity contribution is 4.92. The molecule has 1 fully saturated rings. The van der Waals surface area contributed by atoms with Gasteiger partial charge in [0.25, 0.3) is 0 Å². The summed E-state index contributed by atoms with van der Waals surface area (Å²) in [5, 5.41) is 15.4. The molecule has 1 heterocycles. The van der Waals surface area contributed by atoms with Crippen molar-refractivity contribution in [3.8, 4) is 0 Å². The summed E-state index contributed by atoms with van der Waals surface area (Å²) >= 11 is 0. The van der Waals surface area contributed by atoms with Crippen LogP contribution in [0.15, 0.2) is 23.0 Å². The normalized spacial score (nSPS) is 37.4. The van der Waals surface area contributed by atoms with E-state index in [4.69, 9.17) is 9.47 Å². The predicted molar refractivity (Wildman–Crippen MR) is 60.2 cm³/mol. The summed E-state index contributed by atoms with van der Waals surface area (Å²) in [5.74, 6) is -0.456. The molecule has 7 heteroatoms. The van der Waals surface area contributed by atoms with Crippen molar-refractivity contribution >= 4 is 0 Å². The molecule has 1 aliphatic heterocycles. The van der Waals surface area contributed by atoms with E-state index in [2.05, 4.69) is 16.9 Å². The summed E-state index contributed by atoms with van der Waals surface area (Å²) in [6.07, 6.45) is -1.10. The molecule has 0 aliphatic carbocycles. The van der Waals surface area contributed by atoms with Crippen molar-refractivity contribution in [1.29, 1.82) is 0 Å². The van der Waals surface area contributed by atoms with Gasteiger partial charge in [-0.2, -0.15) is 9.81 Å². The molecule has 0 bridgehead atoms. The van der Waals surface area contributed by atoms with E-state index in [1.807, 2.05) is 0 Å². The standard InChI is InChI=1S/C10H16N2O5/c1-3-4-16-10-8(12-15)6(2)9(13)7(17-10)5-11-14/h3,6-10,13H,1,4-5H2,2H3/t6-,7-,8-,9-,10+/m1/s1. The van der Waals surface area contributed by atoms with Crippen molar-refractivity contribution in [1.82, 2.24) is 0 Å². The lowest BCUT2D eigenvalue weighted by molar-refractivity contribution is -0.239. The number of aliphatic hydroxyl groups is 1. The maximum absolute atomic E-state index is 10.7. The first kappa shape index (κ1) is 13.9. The highest BCUT2D eigenvalue weighted by Crippen LogP contribution is 2.29. The molecule has 0 spiro atoms. The van der Waals surface area contributed by atoms with Crippen molar-refractivity contribution in [2.75, 3.05) is 13.2 Å². The third-order valence-corrected chi connectivity index (χ3v) is 2.80. The van der Waals surface area contributed by atoms with Gasteiger partial charge in [-0.15, -0.1) is 6.58 Å². The Balaban J connectivity index is 2.75. The van der Waals surface area contributed by atoms with Crippen molar-refractivity contribution in [2.45, 2.75) is 31.5 Å². The van der Waals surface area contributed by atoms with E-state index in [9.17, 15) is 14.9 Å². The highest BCUT2D eigenvalue weighted by Gasteiger charge is 2.44. The third kappa shape index (κ3) is 3.15. The minimum Gasteiger partial charge on any atom is -0.390 e. The van der Waals surface area contributed by atoms with Crippen LogP contribution in [0.1, 0.15) is 6.92 Å². The summed E-state index contributed by atoms with van der Waals surface area (Å²) in [5.41, 5.74) is 0. The lowest BCUT2D eigenvalue weighted by atomic mass is 9.89. The van der Waals surface area contributed by atoms with Crippen LogP contribution in [-0.4, -0.2) is 42.8 Å². The molecule has 0 amide bonds. The van der Waals surface area contributed by atoms with E-state index in [-0.39, 0.29) is 13.2 Å². The number of aliphatic hydroxyl groups excluding tert-OH is 1. The van der Waals surface area contributed by atoms with Crippen LogP contribution >= 0.6 is 0 Å². The Kier molecular flexibility index (Phi) is 5.33. The van der Waals surface area contributed by atoms with Crippen LogP contribution < -0.4 is 0 Å². The molecule has 7 nitrogen and oxygen atoms in total. The van der Waals surface area contributed by atoms with E-state index in [1.165, 1.54) is 6.08 Å². The second kappa shape index (κ2) is 6.53. The molecule has 1 N–H and O–H groups in total. The maximum atomic E-state index is 10.7. The van der Waals surface area contributed by atoms with Gasteiger partial charge in [0.05, 0.1) is 12.7 Å². The lowest BCUT2D eigenvalue weighted by Crippen LogP contribution is -2.54. The molecule has 96 valence electrons. The van der Waals surface area contributed by atoms with Crippen LogP contribution in [0.3, 0.4) is 0 Å². The summed E-state index contributed by atoms with van der Waals surface area (Å²) < 4.78 is 10.5. The van der Waals surface area contributed by atoms with E-state index in [1.54, 1.807) is 6.92 Å². The van der Waals surface area contributed by atoms with Gasteiger partial charge in [0.1, 0.15) is 18.7 Å². The van der Waals surface area contributed by atoms with Crippen LogP contribution in [-0.2, 0) is 9.47 Å². The van der Waals surface area contributed by atoms with Crippen molar-refractivity contribution < 1.29 is 14.6 Å². The average molecular weight is 244 g/mol. The number of rotatable bonds is 6.